The van der Waals surface area contributed by atoms with Crippen molar-refractivity contribution in [3.63, 3.8) is 0 Å². The van der Waals surface area contributed by atoms with Crippen LogP contribution in [0.2, 0.25) is 0 Å². The van der Waals surface area contributed by atoms with Crippen LogP contribution in [-0.2, 0) is 10.0 Å². The highest BCUT2D eigenvalue weighted by molar-refractivity contribution is 7.98. The maximum absolute atomic E-state index is 12.5. The topological polar surface area (TPSA) is 114 Å². The van der Waals surface area contributed by atoms with Crippen LogP contribution in [0.15, 0.2) is 87.0 Å². The monoisotopic (exact) mass is 480 g/mol. The molecule has 1 amide bonds. The van der Waals surface area contributed by atoms with E-state index in [9.17, 15) is 13.2 Å². The van der Waals surface area contributed by atoms with E-state index in [1.807, 2.05) is 37.4 Å². The minimum atomic E-state index is -3.73. The molecule has 0 saturated carbocycles. The summed E-state index contributed by atoms with van der Waals surface area (Å²) < 4.78 is 33.1. The summed E-state index contributed by atoms with van der Waals surface area (Å²) in [6, 6.07) is 20.1. The Labute approximate surface area is 195 Å². The van der Waals surface area contributed by atoms with E-state index >= 15 is 0 Å². The highest BCUT2D eigenvalue weighted by Gasteiger charge is 2.16. The van der Waals surface area contributed by atoms with E-state index in [2.05, 4.69) is 20.2 Å². The summed E-state index contributed by atoms with van der Waals surface area (Å²) in [4.78, 5) is 13.7. The van der Waals surface area contributed by atoms with E-state index in [4.69, 9.17) is 4.42 Å². The molecule has 0 spiro atoms. The predicted octanol–water partition coefficient (Wildman–Crippen LogP) is 4.82. The van der Waals surface area contributed by atoms with Gasteiger partial charge in [0.2, 0.25) is 5.89 Å². The summed E-state index contributed by atoms with van der Waals surface area (Å²) >= 11 is 1.59. The van der Waals surface area contributed by atoms with Crippen LogP contribution in [0, 0.1) is 6.92 Å². The predicted molar refractivity (Wildman–Crippen MR) is 128 cm³/mol. The normalized spacial score (nSPS) is 11.2. The Kier molecular flexibility index (Phi) is 6.47. The molecule has 0 saturated heterocycles. The molecule has 1 heterocycles. The van der Waals surface area contributed by atoms with Gasteiger partial charge in [-0.1, -0.05) is 28.9 Å². The highest BCUT2D eigenvalue weighted by atomic mass is 32.2. The van der Waals surface area contributed by atoms with Crippen LogP contribution in [0.4, 0.5) is 11.7 Å². The van der Waals surface area contributed by atoms with Gasteiger partial charge >= 0.3 is 6.01 Å². The number of carbonyl (C=O) groups excluding carboxylic acids is 1. The van der Waals surface area contributed by atoms with Crippen molar-refractivity contribution in [3.05, 3.63) is 83.9 Å². The molecule has 0 atom stereocenters. The summed E-state index contributed by atoms with van der Waals surface area (Å²) in [5.74, 6) is -0.168. The number of amides is 1. The standard InChI is InChI=1S/C23H20N4O4S2/c1-15-6-12-20(13-7-15)33(29,30)27-18-10-8-16(9-11-18)21(28)24-23-26-25-22(31-23)17-4-3-5-19(14-17)32-2/h3-14,27H,1-2H3,(H,24,26,28). The maximum atomic E-state index is 12.5. The molecule has 0 radical (unpaired) electrons. The van der Waals surface area contributed by atoms with Gasteiger partial charge in [0.25, 0.3) is 15.9 Å². The molecule has 0 bridgehead atoms. The molecule has 1 aromatic heterocycles. The van der Waals surface area contributed by atoms with Crippen LogP contribution in [0.1, 0.15) is 15.9 Å². The van der Waals surface area contributed by atoms with Crippen LogP contribution in [0.3, 0.4) is 0 Å². The third kappa shape index (κ3) is 5.41. The fourth-order valence-corrected chi connectivity index (χ4v) is 4.46. The van der Waals surface area contributed by atoms with E-state index in [1.165, 1.54) is 36.4 Å². The Morgan fingerprint density at radius 3 is 2.39 bits per heavy atom. The van der Waals surface area contributed by atoms with Crippen molar-refractivity contribution in [1.29, 1.82) is 0 Å². The van der Waals surface area contributed by atoms with Gasteiger partial charge in [-0.2, -0.15) is 0 Å². The zero-order valence-corrected chi connectivity index (χ0v) is 19.4. The van der Waals surface area contributed by atoms with Crippen molar-refractivity contribution in [2.45, 2.75) is 16.7 Å². The lowest BCUT2D eigenvalue weighted by molar-refractivity contribution is 0.102. The number of hydrogen-bond acceptors (Lipinski definition) is 7. The third-order valence-electron chi connectivity index (χ3n) is 4.69. The minimum absolute atomic E-state index is 0.0336. The number of hydrogen-bond donors (Lipinski definition) is 2. The average Bonchev–Trinajstić information content (AvgIpc) is 3.28. The fraction of sp³-hybridized carbons (Fsp3) is 0.0870. The zero-order valence-electron chi connectivity index (χ0n) is 17.8. The molecule has 8 nitrogen and oxygen atoms in total. The summed E-state index contributed by atoms with van der Waals surface area (Å²) in [5, 5.41) is 10.4. The van der Waals surface area contributed by atoms with Gasteiger partial charge in [0.05, 0.1) is 4.90 Å². The third-order valence-corrected chi connectivity index (χ3v) is 6.82. The van der Waals surface area contributed by atoms with Gasteiger partial charge in [-0.3, -0.25) is 14.8 Å². The van der Waals surface area contributed by atoms with Crippen LogP contribution >= 0.6 is 11.8 Å². The lowest BCUT2D eigenvalue weighted by Crippen LogP contribution is -2.14. The molecule has 0 aliphatic rings. The lowest BCUT2D eigenvalue weighted by Gasteiger charge is -2.09. The van der Waals surface area contributed by atoms with Gasteiger partial charge in [-0.05, 0) is 67.8 Å². The molecule has 4 rings (SSSR count). The van der Waals surface area contributed by atoms with Crippen molar-refractivity contribution in [3.8, 4) is 11.5 Å². The number of carbonyl (C=O) groups is 1. The Bertz CT molecular complexity index is 1380. The van der Waals surface area contributed by atoms with E-state index in [0.717, 1.165) is 16.0 Å². The van der Waals surface area contributed by atoms with Gasteiger partial charge in [-0.25, -0.2) is 8.42 Å². The zero-order chi connectivity index (χ0) is 23.4. The smallest absolute Gasteiger partial charge is 0.322 e. The van der Waals surface area contributed by atoms with E-state index in [-0.39, 0.29) is 10.9 Å². The molecule has 168 valence electrons. The Morgan fingerprint density at radius 1 is 0.970 bits per heavy atom. The first kappa shape index (κ1) is 22.6. The summed E-state index contributed by atoms with van der Waals surface area (Å²) in [7, 11) is -3.73. The van der Waals surface area contributed by atoms with Crippen molar-refractivity contribution in [2.24, 2.45) is 0 Å². The van der Waals surface area contributed by atoms with Crippen molar-refractivity contribution in [1.82, 2.24) is 10.2 Å². The van der Waals surface area contributed by atoms with E-state index < -0.39 is 15.9 Å². The number of anilines is 2. The van der Waals surface area contributed by atoms with Crippen LogP contribution in [0.25, 0.3) is 11.5 Å². The van der Waals surface area contributed by atoms with Gasteiger partial charge < -0.3 is 4.42 Å². The summed E-state index contributed by atoms with van der Waals surface area (Å²) in [6.45, 7) is 1.88. The van der Waals surface area contributed by atoms with Gasteiger partial charge in [0.1, 0.15) is 0 Å². The van der Waals surface area contributed by atoms with Crippen molar-refractivity contribution >= 4 is 39.4 Å². The average molecular weight is 481 g/mol. The van der Waals surface area contributed by atoms with Crippen molar-refractivity contribution < 1.29 is 17.6 Å². The number of nitrogens with one attached hydrogen (secondary N) is 2. The second kappa shape index (κ2) is 9.47. The number of aromatic nitrogens is 2. The van der Waals surface area contributed by atoms with Crippen molar-refractivity contribution in [2.75, 3.05) is 16.3 Å². The first-order valence-electron chi connectivity index (χ1n) is 9.83. The van der Waals surface area contributed by atoms with Gasteiger partial charge in [0, 0.05) is 21.7 Å². The second-order valence-electron chi connectivity index (χ2n) is 7.09. The fourth-order valence-electron chi connectivity index (χ4n) is 2.94. The molecule has 0 aliphatic carbocycles. The highest BCUT2D eigenvalue weighted by Crippen LogP contribution is 2.25. The van der Waals surface area contributed by atoms with Gasteiger partial charge in [0.15, 0.2) is 0 Å². The molecule has 0 unspecified atom stereocenters. The Balaban J connectivity index is 1.42. The van der Waals surface area contributed by atoms with Crippen LogP contribution < -0.4 is 10.0 Å². The number of rotatable bonds is 7. The van der Waals surface area contributed by atoms with Crippen LogP contribution in [-0.4, -0.2) is 30.8 Å². The second-order valence-corrected chi connectivity index (χ2v) is 9.66. The summed E-state index contributed by atoms with van der Waals surface area (Å²) in [5.41, 5.74) is 2.35. The number of sulfonamides is 1. The molecular formula is C23H20N4O4S2. The molecule has 0 fully saturated rings. The first-order valence-corrected chi connectivity index (χ1v) is 12.5. The molecule has 0 aliphatic heterocycles. The molecule has 3 aromatic carbocycles. The largest absolute Gasteiger partial charge is 0.403 e. The minimum Gasteiger partial charge on any atom is -0.403 e. The quantitative estimate of drug-likeness (QED) is 0.365. The molecular weight excluding hydrogens is 460 g/mol. The number of aryl methyl sites for hydroxylation is 1. The molecule has 10 heteroatoms. The number of benzene rings is 3. The molecule has 2 N–H and O–H groups in total. The van der Waals surface area contributed by atoms with Gasteiger partial charge in [-0.15, -0.1) is 16.9 Å². The number of thioether (sulfide) groups is 1. The maximum Gasteiger partial charge on any atom is 0.322 e. The van der Waals surface area contributed by atoms with E-state index in [1.54, 1.807) is 23.9 Å². The SMILES string of the molecule is CSc1cccc(-c2nnc(NC(=O)c3ccc(NS(=O)(=O)c4ccc(C)cc4)cc3)o2)c1. The number of nitrogens with zero attached hydrogens (tertiary/aromatic N) is 2. The summed E-state index contributed by atoms with van der Waals surface area (Å²) in [6.07, 6.45) is 1.97. The molecule has 33 heavy (non-hydrogen) atoms. The Hall–Kier alpha value is -3.63. The Morgan fingerprint density at radius 2 is 1.70 bits per heavy atom. The van der Waals surface area contributed by atoms with E-state index in [0.29, 0.717) is 17.1 Å². The van der Waals surface area contributed by atoms with Crippen LogP contribution in [0.5, 0.6) is 0 Å². The lowest BCUT2D eigenvalue weighted by atomic mass is 10.2. The first-order chi connectivity index (χ1) is 15.8. The molecule has 4 aromatic rings.